The first-order valence-electron chi connectivity index (χ1n) is 12.5. The van der Waals surface area contributed by atoms with Crippen molar-refractivity contribution < 1.29 is 14.3 Å². The van der Waals surface area contributed by atoms with Gasteiger partial charge in [0.2, 0.25) is 5.91 Å². The topological polar surface area (TPSA) is 57.8 Å². The third-order valence-electron chi connectivity index (χ3n) is 7.33. The van der Waals surface area contributed by atoms with Crippen LogP contribution in [0.5, 0.6) is 5.75 Å². The lowest BCUT2D eigenvalue weighted by Crippen LogP contribution is -2.50. The highest BCUT2D eigenvalue weighted by Gasteiger charge is 2.39. The SMILES string of the molecule is Cc1cc(OCC2(CC(=O)N3CCOCC3)CCCN(Cc3ccc4cc[nH]c4c3)C2)ccc1Cl. The van der Waals surface area contributed by atoms with Gasteiger partial charge in [0.05, 0.1) is 19.8 Å². The van der Waals surface area contributed by atoms with Crippen LogP contribution in [0.1, 0.15) is 30.4 Å². The van der Waals surface area contributed by atoms with Gasteiger partial charge in [-0.2, -0.15) is 0 Å². The van der Waals surface area contributed by atoms with Crippen molar-refractivity contribution in [3.8, 4) is 5.75 Å². The highest BCUT2D eigenvalue weighted by Crippen LogP contribution is 2.36. The summed E-state index contributed by atoms with van der Waals surface area (Å²) >= 11 is 6.21. The number of hydrogen-bond donors (Lipinski definition) is 1. The molecule has 0 saturated carbocycles. The van der Waals surface area contributed by atoms with E-state index in [0.717, 1.165) is 54.3 Å². The lowest BCUT2D eigenvalue weighted by Gasteiger charge is -2.43. The maximum absolute atomic E-state index is 13.3. The molecule has 2 saturated heterocycles. The van der Waals surface area contributed by atoms with Gasteiger partial charge in [0.1, 0.15) is 5.75 Å². The molecular formula is C28H34ClN3O3. The monoisotopic (exact) mass is 495 g/mol. The number of piperidine rings is 1. The van der Waals surface area contributed by atoms with Crippen LogP contribution in [0.2, 0.25) is 5.02 Å². The fourth-order valence-corrected chi connectivity index (χ4v) is 5.52. The predicted molar refractivity (Wildman–Crippen MR) is 139 cm³/mol. The lowest BCUT2D eigenvalue weighted by molar-refractivity contribution is -0.139. The number of ether oxygens (including phenoxy) is 2. The van der Waals surface area contributed by atoms with Crippen LogP contribution in [0.25, 0.3) is 10.9 Å². The second-order valence-electron chi connectivity index (χ2n) is 10.1. The molecule has 2 aliphatic heterocycles. The normalized spacial score (nSPS) is 21.4. The van der Waals surface area contributed by atoms with Crippen LogP contribution in [0, 0.1) is 12.3 Å². The highest BCUT2D eigenvalue weighted by atomic mass is 35.5. The maximum atomic E-state index is 13.3. The van der Waals surface area contributed by atoms with E-state index in [0.29, 0.717) is 39.3 Å². The molecular weight excluding hydrogens is 462 g/mol. The van der Waals surface area contributed by atoms with E-state index in [2.05, 4.69) is 34.1 Å². The van der Waals surface area contributed by atoms with Crippen LogP contribution >= 0.6 is 11.6 Å². The van der Waals surface area contributed by atoms with E-state index in [1.807, 2.05) is 36.2 Å². The molecule has 0 radical (unpaired) electrons. The molecule has 1 atom stereocenters. The molecule has 1 unspecified atom stereocenters. The molecule has 0 spiro atoms. The van der Waals surface area contributed by atoms with Gasteiger partial charge in [-0.1, -0.05) is 23.7 Å². The molecule has 0 bridgehead atoms. The number of nitrogens with one attached hydrogen (secondary N) is 1. The summed E-state index contributed by atoms with van der Waals surface area (Å²) in [5.74, 6) is 1.01. The molecule has 186 valence electrons. The van der Waals surface area contributed by atoms with E-state index in [4.69, 9.17) is 21.1 Å². The number of aromatic amines is 1. The molecule has 1 N–H and O–H groups in total. The van der Waals surface area contributed by atoms with Crippen LogP contribution in [0.4, 0.5) is 0 Å². The number of halogens is 1. The van der Waals surface area contributed by atoms with E-state index >= 15 is 0 Å². The largest absolute Gasteiger partial charge is 0.493 e. The number of H-pyrrole nitrogens is 1. The zero-order valence-electron chi connectivity index (χ0n) is 20.4. The van der Waals surface area contributed by atoms with Gasteiger partial charge in [-0.25, -0.2) is 0 Å². The van der Waals surface area contributed by atoms with Crippen molar-refractivity contribution in [1.29, 1.82) is 0 Å². The lowest BCUT2D eigenvalue weighted by atomic mass is 9.77. The van der Waals surface area contributed by atoms with Crippen molar-refractivity contribution >= 4 is 28.4 Å². The minimum Gasteiger partial charge on any atom is -0.493 e. The van der Waals surface area contributed by atoms with Crippen molar-refractivity contribution in [2.45, 2.75) is 32.7 Å². The zero-order valence-corrected chi connectivity index (χ0v) is 21.2. The number of fused-ring (bicyclic) bond motifs is 1. The summed E-state index contributed by atoms with van der Waals surface area (Å²) in [5, 5.41) is 1.96. The van der Waals surface area contributed by atoms with Crippen LogP contribution < -0.4 is 4.74 Å². The summed E-state index contributed by atoms with van der Waals surface area (Å²) in [5.41, 5.74) is 3.20. The molecule has 5 rings (SSSR count). The molecule has 2 aromatic carbocycles. The van der Waals surface area contributed by atoms with Gasteiger partial charge >= 0.3 is 0 Å². The number of likely N-dealkylation sites (tertiary alicyclic amines) is 1. The van der Waals surface area contributed by atoms with Gasteiger partial charge < -0.3 is 19.4 Å². The summed E-state index contributed by atoms with van der Waals surface area (Å²) < 4.78 is 11.8. The number of benzene rings is 2. The van der Waals surface area contributed by atoms with Gasteiger partial charge in [-0.05, 0) is 73.2 Å². The van der Waals surface area contributed by atoms with Crippen molar-refractivity contribution in [2.24, 2.45) is 5.41 Å². The Morgan fingerprint density at radius 3 is 2.83 bits per heavy atom. The number of carbonyl (C=O) groups excluding carboxylic acids is 1. The Balaban J connectivity index is 1.33. The second kappa shape index (κ2) is 10.6. The van der Waals surface area contributed by atoms with E-state index < -0.39 is 0 Å². The Morgan fingerprint density at radius 1 is 1.14 bits per heavy atom. The average Bonchev–Trinajstić information content (AvgIpc) is 3.33. The fourth-order valence-electron chi connectivity index (χ4n) is 5.40. The summed E-state index contributed by atoms with van der Waals surface area (Å²) in [6.45, 7) is 7.79. The predicted octanol–water partition coefficient (Wildman–Crippen LogP) is 5.04. The Kier molecular flexibility index (Phi) is 7.32. The number of nitrogens with zero attached hydrogens (tertiary/aromatic N) is 2. The molecule has 1 aromatic heterocycles. The number of morpholine rings is 1. The molecule has 35 heavy (non-hydrogen) atoms. The number of rotatable bonds is 7. The van der Waals surface area contributed by atoms with Gasteiger partial charge in [0.15, 0.2) is 0 Å². The van der Waals surface area contributed by atoms with Crippen molar-refractivity contribution in [3.63, 3.8) is 0 Å². The summed E-state index contributed by atoms with van der Waals surface area (Å²) in [6.07, 6.45) is 4.49. The molecule has 3 aromatic rings. The van der Waals surface area contributed by atoms with E-state index in [1.165, 1.54) is 10.9 Å². The Morgan fingerprint density at radius 2 is 2.00 bits per heavy atom. The zero-order chi connectivity index (χ0) is 24.3. The summed E-state index contributed by atoms with van der Waals surface area (Å²) in [7, 11) is 0. The first-order valence-corrected chi connectivity index (χ1v) is 12.9. The van der Waals surface area contributed by atoms with Crippen molar-refractivity contribution in [3.05, 3.63) is 64.8 Å². The fraction of sp³-hybridized carbons (Fsp3) is 0.464. The Labute approximate surface area is 212 Å². The molecule has 1 amide bonds. The first kappa shape index (κ1) is 24.2. The molecule has 3 heterocycles. The first-order chi connectivity index (χ1) is 17.0. The molecule has 2 aliphatic rings. The smallest absolute Gasteiger partial charge is 0.223 e. The average molecular weight is 496 g/mol. The van der Waals surface area contributed by atoms with Gasteiger partial charge in [0, 0.05) is 54.8 Å². The van der Waals surface area contributed by atoms with Gasteiger partial charge in [-0.3, -0.25) is 9.69 Å². The van der Waals surface area contributed by atoms with E-state index in [9.17, 15) is 4.79 Å². The number of amides is 1. The minimum atomic E-state index is -0.238. The van der Waals surface area contributed by atoms with Crippen LogP contribution in [-0.2, 0) is 16.1 Å². The standard InChI is InChI=1S/C28H34ClN3O3/c1-21-15-24(5-6-25(21)29)35-20-28(17-27(33)32-11-13-34-14-12-32)8-2-10-31(19-28)18-22-3-4-23-7-9-30-26(23)16-22/h3-7,9,15-16,30H,2,8,10-14,17-20H2,1H3. The van der Waals surface area contributed by atoms with Crippen LogP contribution in [0.15, 0.2) is 48.7 Å². The second-order valence-corrected chi connectivity index (χ2v) is 10.5. The van der Waals surface area contributed by atoms with Crippen molar-refractivity contribution in [1.82, 2.24) is 14.8 Å². The molecule has 7 heteroatoms. The Hall–Kier alpha value is -2.54. The highest BCUT2D eigenvalue weighted by molar-refractivity contribution is 6.31. The van der Waals surface area contributed by atoms with E-state index in [1.54, 1.807) is 0 Å². The van der Waals surface area contributed by atoms with Crippen LogP contribution in [0.3, 0.4) is 0 Å². The molecule has 0 aliphatic carbocycles. The summed E-state index contributed by atoms with van der Waals surface area (Å²) in [6, 6.07) is 14.5. The van der Waals surface area contributed by atoms with E-state index in [-0.39, 0.29) is 11.3 Å². The van der Waals surface area contributed by atoms with Gasteiger partial charge in [0.25, 0.3) is 0 Å². The maximum Gasteiger partial charge on any atom is 0.223 e. The number of carbonyl (C=O) groups is 1. The third-order valence-corrected chi connectivity index (χ3v) is 7.75. The third kappa shape index (κ3) is 5.83. The molecule has 2 fully saturated rings. The van der Waals surface area contributed by atoms with Gasteiger partial charge in [-0.15, -0.1) is 0 Å². The van der Waals surface area contributed by atoms with Crippen LogP contribution in [-0.4, -0.2) is 66.7 Å². The number of hydrogen-bond acceptors (Lipinski definition) is 4. The Bertz CT molecular complexity index is 1170. The number of aryl methyl sites for hydroxylation is 1. The number of aromatic nitrogens is 1. The summed E-state index contributed by atoms with van der Waals surface area (Å²) in [4.78, 5) is 21.1. The minimum absolute atomic E-state index is 0.207. The van der Waals surface area contributed by atoms with Crippen molar-refractivity contribution in [2.75, 3.05) is 46.0 Å². The molecule has 6 nitrogen and oxygen atoms in total. The quantitative estimate of drug-likeness (QED) is 0.499.